The SMILES string of the molecule is Cc1ccc2c(c1)CCCN2CC1(CBr)CCCCCC1. The van der Waals surface area contributed by atoms with Crippen molar-refractivity contribution < 1.29 is 0 Å². The van der Waals surface area contributed by atoms with Gasteiger partial charge in [0.15, 0.2) is 0 Å². The van der Waals surface area contributed by atoms with Crippen LogP contribution in [-0.2, 0) is 6.42 Å². The molecule has 0 amide bonds. The van der Waals surface area contributed by atoms with Crippen LogP contribution in [0.15, 0.2) is 18.2 Å². The fraction of sp³-hybridized carbons (Fsp3) is 0.684. The Morgan fingerprint density at radius 3 is 2.57 bits per heavy atom. The van der Waals surface area contributed by atoms with E-state index in [1.165, 1.54) is 75.7 Å². The zero-order valence-electron chi connectivity index (χ0n) is 13.3. The molecule has 3 rings (SSSR count). The molecular weight excluding hydrogens is 322 g/mol. The molecule has 0 aromatic heterocycles. The van der Waals surface area contributed by atoms with Crippen LogP contribution in [0.1, 0.15) is 56.1 Å². The van der Waals surface area contributed by atoms with E-state index in [9.17, 15) is 0 Å². The number of rotatable bonds is 3. The Bertz CT molecular complexity index is 474. The predicted molar refractivity (Wildman–Crippen MR) is 95.6 cm³/mol. The third-order valence-electron chi connectivity index (χ3n) is 5.42. The van der Waals surface area contributed by atoms with Gasteiger partial charge in [-0.1, -0.05) is 59.3 Å². The standard InChI is InChI=1S/C19H28BrN/c1-16-8-9-18-17(13-16)7-6-12-21(18)15-19(14-20)10-4-2-3-5-11-19/h8-9,13H,2-7,10-12,14-15H2,1H3. The fourth-order valence-electron chi connectivity index (χ4n) is 4.19. The molecule has 0 atom stereocenters. The Hall–Kier alpha value is -0.500. The Kier molecular flexibility index (Phi) is 4.93. The molecule has 0 N–H and O–H groups in total. The molecule has 0 spiro atoms. The lowest BCUT2D eigenvalue weighted by Crippen LogP contribution is -2.41. The lowest BCUT2D eigenvalue weighted by Gasteiger charge is -2.40. The summed E-state index contributed by atoms with van der Waals surface area (Å²) >= 11 is 3.85. The van der Waals surface area contributed by atoms with Crippen molar-refractivity contribution in [1.29, 1.82) is 0 Å². The van der Waals surface area contributed by atoms with Gasteiger partial charge in [-0.25, -0.2) is 0 Å². The van der Waals surface area contributed by atoms with Gasteiger partial charge in [-0.15, -0.1) is 0 Å². The number of alkyl halides is 1. The molecule has 0 bridgehead atoms. The highest BCUT2D eigenvalue weighted by molar-refractivity contribution is 9.09. The Morgan fingerprint density at radius 2 is 1.86 bits per heavy atom. The second-order valence-corrected chi connectivity index (χ2v) is 7.77. The van der Waals surface area contributed by atoms with Gasteiger partial charge in [0.05, 0.1) is 0 Å². The second kappa shape index (κ2) is 6.73. The van der Waals surface area contributed by atoms with Gasteiger partial charge < -0.3 is 4.90 Å². The lowest BCUT2D eigenvalue weighted by atomic mass is 9.81. The molecule has 1 saturated carbocycles. The summed E-state index contributed by atoms with van der Waals surface area (Å²) in [5, 5.41) is 1.16. The molecule has 1 aliphatic heterocycles. The number of anilines is 1. The zero-order chi connectivity index (χ0) is 14.7. The molecule has 0 saturated heterocycles. The average Bonchev–Trinajstić information content (AvgIpc) is 2.73. The summed E-state index contributed by atoms with van der Waals surface area (Å²) in [7, 11) is 0. The van der Waals surface area contributed by atoms with Gasteiger partial charge in [-0.05, 0) is 49.7 Å². The van der Waals surface area contributed by atoms with E-state index in [2.05, 4.69) is 46.0 Å². The Balaban J connectivity index is 1.81. The Labute approximate surface area is 138 Å². The van der Waals surface area contributed by atoms with E-state index >= 15 is 0 Å². The van der Waals surface area contributed by atoms with Crippen LogP contribution in [-0.4, -0.2) is 18.4 Å². The van der Waals surface area contributed by atoms with Gasteiger partial charge in [0.2, 0.25) is 0 Å². The van der Waals surface area contributed by atoms with Crippen LogP contribution in [0, 0.1) is 12.3 Å². The van der Waals surface area contributed by atoms with Crippen LogP contribution < -0.4 is 4.90 Å². The minimum Gasteiger partial charge on any atom is -0.371 e. The van der Waals surface area contributed by atoms with E-state index in [0.29, 0.717) is 5.41 Å². The maximum atomic E-state index is 3.85. The van der Waals surface area contributed by atoms with E-state index in [4.69, 9.17) is 0 Å². The number of benzene rings is 1. The van der Waals surface area contributed by atoms with E-state index in [1.54, 1.807) is 5.56 Å². The summed E-state index contributed by atoms with van der Waals surface area (Å²) < 4.78 is 0. The summed E-state index contributed by atoms with van der Waals surface area (Å²) in [6, 6.07) is 7.04. The van der Waals surface area contributed by atoms with Crippen molar-refractivity contribution in [2.24, 2.45) is 5.41 Å². The van der Waals surface area contributed by atoms with E-state index in [-0.39, 0.29) is 0 Å². The molecule has 1 aromatic carbocycles. The first kappa shape index (κ1) is 15.4. The normalized spacial score (nSPS) is 21.7. The van der Waals surface area contributed by atoms with Crippen LogP contribution in [0.5, 0.6) is 0 Å². The summed E-state index contributed by atoms with van der Waals surface area (Å²) in [6.07, 6.45) is 11.1. The van der Waals surface area contributed by atoms with Crippen molar-refractivity contribution >= 4 is 21.6 Å². The maximum Gasteiger partial charge on any atom is 0.0399 e. The van der Waals surface area contributed by atoms with Gasteiger partial charge >= 0.3 is 0 Å². The molecule has 2 aliphatic rings. The highest BCUT2D eigenvalue weighted by Crippen LogP contribution is 2.40. The molecule has 21 heavy (non-hydrogen) atoms. The average molecular weight is 350 g/mol. The molecule has 1 aromatic rings. The van der Waals surface area contributed by atoms with Crippen molar-refractivity contribution in [3.63, 3.8) is 0 Å². The number of fused-ring (bicyclic) bond motifs is 1. The molecule has 2 heteroatoms. The molecule has 1 heterocycles. The number of halogens is 1. The minimum absolute atomic E-state index is 0.496. The van der Waals surface area contributed by atoms with Gasteiger partial charge in [-0.3, -0.25) is 0 Å². The highest BCUT2D eigenvalue weighted by atomic mass is 79.9. The van der Waals surface area contributed by atoms with Gasteiger partial charge in [0.25, 0.3) is 0 Å². The third kappa shape index (κ3) is 3.47. The van der Waals surface area contributed by atoms with Crippen molar-refractivity contribution in [1.82, 2.24) is 0 Å². The molecule has 1 aliphatic carbocycles. The summed E-state index contributed by atoms with van der Waals surface area (Å²) in [4.78, 5) is 2.69. The maximum absolute atomic E-state index is 3.85. The van der Waals surface area contributed by atoms with Crippen molar-refractivity contribution in [3.8, 4) is 0 Å². The van der Waals surface area contributed by atoms with Crippen LogP contribution in [0.2, 0.25) is 0 Å². The monoisotopic (exact) mass is 349 g/mol. The summed E-state index contributed by atoms with van der Waals surface area (Å²) in [5.41, 5.74) is 4.98. The molecule has 1 fully saturated rings. The third-order valence-corrected chi connectivity index (χ3v) is 6.61. The van der Waals surface area contributed by atoms with Crippen LogP contribution >= 0.6 is 15.9 Å². The smallest absolute Gasteiger partial charge is 0.0399 e. The molecule has 0 unspecified atom stereocenters. The summed E-state index contributed by atoms with van der Waals surface area (Å²) in [5.74, 6) is 0. The van der Waals surface area contributed by atoms with Gasteiger partial charge in [0.1, 0.15) is 0 Å². The quantitative estimate of drug-likeness (QED) is 0.515. The van der Waals surface area contributed by atoms with Gasteiger partial charge in [0, 0.05) is 24.1 Å². The first-order chi connectivity index (χ1) is 10.2. The number of hydrogen-bond acceptors (Lipinski definition) is 1. The van der Waals surface area contributed by atoms with Crippen molar-refractivity contribution in [2.75, 3.05) is 23.3 Å². The molecule has 1 nitrogen and oxygen atoms in total. The second-order valence-electron chi connectivity index (χ2n) is 7.21. The van der Waals surface area contributed by atoms with Gasteiger partial charge in [-0.2, -0.15) is 0 Å². The first-order valence-electron chi connectivity index (χ1n) is 8.63. The number of nitrogens with zero attached hydrogens (tertiary/aromatic N) is 1. The molecule has 116 valence electrons. The lowest BCUT2D eigenvalue weighted by molar-refractivity contribution is 0.289. The highest BCUT2D eigenvalue weighted by Gasteiger charge is 2.33. The van der Waals surface area contributed by atoms with Crippen LogP contribution in [0.25, 0.3) is 0 Å². The predicted octanol–water partition coefficient (Wildman–Crippen LogP) is 5.48. The largest absolute Gasteiger partial charge is 0.371 e. The number of hydrogen-bond donors (Lipinski definition) is 0. The van der Waals surface area contributed by atoms with Crippen molar-refractivity contribution in [2.45, 2.75) is 58.3 Å². The summed E-state index contributed by atoms with van der Waals surface area (Å²) in [6.45, 7) is 4.70. The zero-order valence-corrected chi connectivity index (χ0v) is 14.9. The first-order valence-corrected chi connectivity index (χ1v) is 9.75. The molecular formula is C19H28BrN. The number of aryl methyl sites for hydroxylation is 2. The van der Waals surface area contributed by atoms with Crippen LogP contribution in [0.4, 0.5) is 5.69 Å². The van der Waals surface area contributed by atoms with E-state index in [1.807, 2.05) is 0 Å². The molecule has 0 radical (unpaired) electrons. The fourth-order valence-corrected chi connectivity index (χ4v) is 4.92. The van der Waals surface area contributed by atoms with E-state index in [0.717, 1.165) is 5.33 Å². The minimum atomic E-state index is 0.496. The topological polar surface area (TPSA) is 3.24 Å². The van der Waals surface area contributed by atoms with E-state index < -0.39 is 0 Å². The van der Waals surface area contributed by atoms with Crippen molar-refractivity contribution in [3.05, 3.63) is 29.3 Å². The Morgan fingerprint density at radius 1 is 1.10 bits per heavy atom. The van der Waals surface area contributed by atoms with Crippen LogP contribution in [0.3, 0.4) is 0 Å².